The average molecular weight is 217 g/mol. The number of hydrogen-bond donors (Lipinski definition) is 1. The van der Waals surface area contributed by atoms with Crippen molar-refractivity contribution in [3.05, 3.63) is 24.0 Å². The SMILES string of the molecule is N#CCCCCn1ccc(C(N)C2CC2)c1. The van der Waals surface area contributed by atoms with Gasteiger partial charge in [-0.2, -0.15) is 5.26 Å². The molecule has 0 aliphatic heterocycles. The molecule has 1 aliphatic rings. The highest BCUT2D eigenvalue weighted by Crippen LogP contribution is 2.39. The smallest absolute Gasteiger partial charge is 0.0621 e. The summed E-state index contributed by atoms with van der Waals surface area (Å²) in [5.41, 5.74) is 7.40. The molecule has 1 fully saturated rings. The molecule has 1 unspecified atom stereocenters. The van der Waals surface area contributed by atoms with E-state index in [9.17, 15) is 0 Å². The van der Waals surface area contributed by atoms with E-state index in [1.807, 2.05) is 0 Å². The van der Waals surface area contributed by atoms with Crippen LogP contribution in [0.5, 0.6) is 0 Å². The number of nitrogens with zero attached hydrogens (tertiary/aromatic N) is 2. The zero-order valence-corrected chi connectivity index (χ0v) is 9.60. The second-order valence-corrected chi connectivity index (χ2v) is 4.66. The van der Waals surface area contributed by atoms with Gasteiger partial charge in [0.25, 0.3) is 0 Å². The third-order valence-electron chi connectivity index (χ3n) is 3.24. The van der Waals surface area contributed by atoms with Crippen LogP contribution in [-0.2, 0) is 6.54 Å². The first-order valence-corrected chi connectivity index (χ1v) is 6.09. The molecule has 0 bridgehead atoms. The Kier molecular flexibility index (Phi) is 3.63. The van der Waals surface area contributed by atoms with Crippen LogP contribution >= 0.6 is 0 Å². The standard InChI is InChI=1S/C13H19N3/c14-7-2-1-3-8-16-9-6-12(10-16)13(15)11-4-5-11/h6,9-11,13H,1-5,8,15H2. The summed E-state index contributed by atoms with van der Waals surface area (Å²) in [5, 5.41) is 8.44. The van der Waals surface area contributed by atoms with E-state index in [0.29, 0.717) is 6.42 Å². The van der Waals surface area contributed by atoms with Gasteiger partial charge in [0, 0.05) is 31.4 Å². The number of unbranched alkanes of at least 4 members (excludes halogenated alkanes) is 2. The van der Waals surface area contributed by atoms with E-state index in [1.54, 1.807) is 0 Å². The number of rotatable bonds is 6. The highest BCUT2D eigenvalue weighted by molar-refractivity contribution is 5.17. The van der Waals surface area contributed by atoms with Crippen LogP contribution in [0.3, 0.4) is 0 Å². The molecular weight excluding hydrogens is 198 g/mol. The molecule has 3 nitrogen and oxygen atoms in total. The fourth-order valence-corrected chi connectivity index (χ4v) is 2.02. The van der Waals surface area contributed by atoms with Crippen LogP contribution in [0, 0.1) is 17.2 Å². The van der Waals surface area contributed by atoms with Gasteiger partial charge in [-0.05, 0) is 43.2 Å². The van der Waals surface area contributed by atoms with Crippen molar-refractivity contribution >= 4 is 0 Å². The van der Waals surface area contributed by atoms with Crippen LogP contribution in [0.4, 0.5) is 0 Å². The van der Waals surface area contributed by atoms with Crippen molar-refractivity contribution in [1.82, 2.24) is 4.57 Å². The molecule has 16 heavy (non-hydrogen) atoms. The summed E-state index contributed by atoms with van der Waals surface area (Å²) >= 11 is 0. The van der Waals surface area contributed by atoms with Crippen LogP contribution in [0.2, 0.25) is 0 Å². The summed E-state index contributed by atoms with van der Waals surface area (Å²) < 4.78 is 2.19. The predicted molar refractivity (Wildman–Crippen MR) is 63.5 cm³/mol. The van der Waals surface area contributed by atoms with E-state index in [1.165, 1.54) is 18.4 Å². The molecule has 86 valence electrons. The molecule has 1 aromatic rings. The molecular formula is C13H19N3. The fourth-order valence-electron chi connectivity index (χ4n) is 2.02. The molecule has 1 saturated carbocycles. The van der Waals surface area contributed by atoms with E-state index in [-0.39, 0.29) is 6.04 Å². The second kappa shape index (κ2) is 5.18. The first-order chi connectivity index (χ1) is 7.81. The highest BCUT2D eigenvalue weighted by atomic mass is 14.9. The van der Waals surface area contributed by atoms with Crippen molar-refractivity contribution in [2.45, 2.75) is 44.7 Å². The summed E-state index contributed by atoms with van der Waals surface area (Å²) in [5.74, 6) is 0.717. The molecule has 1 aliphatic carbocycles. The number of aromatic nitrogens is 1. The van der Waals surface area contributed by atoms with Crippen molar-refractivity contribution in [3.8, 4) is 6.07 Å². The Morgan fingerprint density at radius 3 is 3.00 bits per heavy atom. The van der Waals surface area contributed by atoms with Crippen LogP contribution in [0.25, 0.3) is 0 Å². The Balaban J connectivity index is 1.80. The maximum Gasteiger partial charge on any atom is 0.0621 e. The van der Waals surface area contributed by atoms with E-state index in [2.05, 4.69) is 29.1 Å². The average Bonchev–Trinajstić information content (AvgIpc) is 3.03. The minimum atomic E-state index is 0.236. The van der Waals surface area contributed by atoms with E-state index < -0.39 is 0 Å². The Labute approximate surface area is 96.9 Å². The van der Waals surface area contributed by atoms with Crippen molar-refractivity contribution in [3.63, 3.8) is 0 Å². The molecule has 1 atom stereocenters. The monoisotopic (exact) mass is 217 g/mol. The quantitative estimate of drug-likeness (QED) is 0.745. The summed E-state index contributed by atoms with van der Waals surface area (Å²) in [6, 6.07) is 4.54. The van der Waals surface area contributed by atoms with E-state index in [0.717, 1.165) is 25.3 Å². The zero-order valence-electron chi connectivity index (χ0n) is 9.60. The molecule has 0 spiro atoms. The predicted octanol–water partition coefficient (Wildman–Crippen LogP) is 2.59. The first-order valence-electron chi connectivity index (χ1n) is 6.09. The number of nitriles is 1. The molecule has 2 N–H and O–H groups in total. The van der Waals surface area contributed by atoms with Crippen LogP contribution in [0.15, 0.2) is 18.5 Å². The summed E-state index contributed by atoms with van der Waals surface area (Å²) in [6.45, 7) is 0.999. The maximum atomic E-state index is 8.44. The zero-order chi connectivity index (χ0) is 11.4. The van der Waals surface area contributed by atoms with Crippen molar-refractivity contribution in [1.29, 1.82) is 5.26 Å². The molecule has 1 heterocycles. The Hall–Kier alpha value is -1.27. The molecule has 0 radical (unpaired) electrons. The third-order valence-corrected chi connectivity index (χ3v) is 3.24. The Bertz CT molecular complexity index is 371. The van der Waals surface area contributed by atoms with Gasteiger partial charge in [0.15, 0.2) is 0 Å². The van der Waals surface area contributed by atoms with Crippen molar-refractivity contribution in [2.75, 3.05) is 0 Å². The number of aryl methyl sites for hydroxylation is 1. The summed E-state index contributed by atoms with van der Waals surface area (Å²) in [7, 11) is 0. The highest BCUT2D eigenvalue weighted by Gasteiger charge is 2.29. The van der Waals surface area contributed by atoms with Gasteiger partial charge in [0.2, 0.25) is 0 Å². The second-order valence-electron chi connectivity index (χ2n) is 4.66. The van der Waals surface area contributed by atoms with Crippen molar-refractivity contribution < 1.29 is 0 Å². The van der Waals surface area contributed by atoms with Crippen LogP contribution in [-0.4, -0.2) is 4.57 Å². The molecule has 3 heteroatoms. The lowest BCUT2D eigenvalue weighted by molar-refractivity contribution is 0.605. The summed E-state index contributed by atoms with van der Waals surface area (Å²) in [6.07, 6.45) is 9.55. The van der Waals surface area contributed by atoms with Crippen molar-refractivity contribution in [2.24, 2.45) is 11.7 Å². The lowest BCUT2D eigenvalue weighted by atomic mass is 10.1. The minimum absolute atomic E-state index is 0.236. The van der Waals surface area contributed by atoms with E-state index >= 15 is 0 Å². The number of hydrogen-bond acceptors (Lipinski definition) is 2. The van der Waals surface area contributed by atoms with Crippen LogP contribution < -0.4 is 5.73 Å². The topological polar surface area (TPSA) is 54.7 Å². The fraction of sp³-hybridized carbons (Fsp3) is 0.615. The molecule has 0 saturated heterocycles. The van der Waals surface area contributed by atoms with Gasteiger partial charge in [0.1, 0.15) is 0 Å². The molecule has 0 amide bonds. The van der Waals surface area contributed by atoms with Gasteiger partial charge >= 0.3 is 0 Å². The van der Waals surface area contributed by atoms with Gasteiger partial charge in [-0.3, -0.25) is 0 Å². The molecule has 0 aromatic carbocycles. The van der Waals surface area contributed by atoms with Gasteiger partial charge in [-0.25, -0.2) is 0 Å². The number of nitrogens with two attached hydrogens (primary N) is 1. The van der Waals surface area contributed by atoms with Gasteiger partial charge in [-0.1, -0.05) is 0 Å². The maximum absolute atomic E-state index is 8.44. The normalized spacial score (nSPS) is 17.0. The minimum Gasteiger partial charge on any atom is -0.354 e. The first kappa shape index (κ1) is 11.2. The summed E-state index contributed by atoms with van der Waals surface area (Å²) in [4.78, 5) is 0. The largest absolute Gasteiger partial charge is 0.354 e. The molecule has 1 aromatic heterocycles. The molecule has 2 rings (SSSR count). The van der Waals surface area contributed by atoms with Crippen LogP contribution in [0.1, 0.15) is 43.7 Å². The lowest BCUT2D eigenvalue weighted by Crippen LogP contribution is -2.11. The third kappa shape index (κ3) is 2.86. The van der Waals surface area contributed by atoms with E-state index in [4.69, 9.17) is 11.0 Å². The van der Waals surface area contributed by atoms with Gasteiger partial charge in [-0.15, -0.1) is 0 Å². The Morgan fingerprint density at radius 2 is 2.31 bits per heavy atom. The van der Waals surface area contributed by atoms with Gasteiger partial charge in [0.05, 0.1) is 6.07 Å². The lowest BCUT2D eigenvalue weighted by Gasteiger charge is -2.07. The Morgan fingerprint density at radius 1 is 1.50 bits per heavy atom. The van der Waals surface area contributed by atoms with Gasteiger partial charge < -0.3 is 10.3 Å².